The molecule has 5 nitrogen and oxygen atoms in total. The lowest BCUT2D eigenvalue weighted by Crippen LogP contribution is -2.31. The molecule has 1 unspecified atom stereocenters. The molecule has 0 saturated carbocycles. The molecule has 4 aromatic carbocycles. The fourth-order valence-electron chi connectivity index (χ4n) is 4.21. The van der Waals surface area contributed by atoms with Crippen LogP contribution in [0, 0.1) is 12.7 Å². The smallest absolute Gasteiger partial charge is 0.259 e. The normalized spacial score (nSPS) is 14.6. The molecule has 1 aliphatic heterocycles. The van der Waals surface area contributed by atoms with Gasteiger partial charge < -0.3 is 10.2 Å². The van der Waals surface area contributed by atoms with E-state index in [1.54, 1.807) is 59.5 Å². The summed E-state index contributed by atoms with van der Waals surface area (Å²) < 4.78 is 26.7. The van der Waals surface area contributed by atoms with Crippen LogP contribution in [0.4, 0.5) is 10.1 Å². The zero-order valence-corrected chi connectivity index (χ0v) is 20.3. The van der Waals surface area contributed by atoms with Crippen molar-refractivity contribution in [3.8, 4) is 0 Å². The molecule has 0 radical (unpaired) electrons. The van der Waals surface area contributed by atoms with Gasteiger partial charge in [-0.25, -0.2) is 8.60 Å². The van der Waals surface area contributed by atoms with Crippen molar-refractivity contribution in [1.29, 1.82) is 0 Å². The molecule has 1 atom stereocenters. The third kappa shape index (κ3) is 4.57. The quantitative estimate of drug-likeness (QED) is 0.401. The van der Waals surface area contributed by atoms with Crippen LogP contribution in [-0.2, 0) is 23.9 Å². The van der Waals surface area contributed by atoms with Gasteiger partial charge in [0.1, 0.15) is 5.82 Å². The molecule has 0 aliphatic carbocycles. The molecule has 7 heteroatoms. The summed E-state index contributed by atoms with van der Waals surface area (Å²) >= 11 is 0. The summed E-state index contributed by atoms with van der Waals surface area (Å²) in [7, 11) is -1.60. The summed E-state index contributed by atoms with van der Waals surface area (Å²) in [5.74, 6) is -0.967. The van der Waals surface area contributed by atoms with Crippen LogP contribution in [0.25, 0.3) is 0 Å². The van der Waals surface area contributed by atoms with E-state index in [-0.39, 0.29) is 30.7 Å². The van der Waals surface area contributed by atoms with E-state index in [4.69, 9.17) is 0 Å². The van der Waals surface area contributed by atoms with E-state index in [9.17, 15) is 18.2 Å². The Kier molecular flexibility index (Phi) is 6.48. The van der Waals surface area contributed by atoms with Crippen LogP contribution in [0.3, 0.4) is 0 Å². The number of aryl methyl sites for hydroxylation is 1. The van der Waals surface area contributed by atoms with Crippen LogP contribution >= 0.6 is 0 Å². The number of amides is 2. The first-order valence-corrected chi connectivity index (χ1v) is 12.6. The van der Waals surface area contributed by atoms with E-state index in [1.165, 1.54) is 12.1 Å². The Balaban J connectivity index is 1.54. The third-order valence-corrected chi connectivity index (χ3v) is 7.73. The number of nitrogens with one attached hydrogen (secondary N) is 1. The highest BCUT2D eigenvalue weighted by molar-refractivity contribution is 7.85. The van der Waals surface area contributed by atoms with Crippen LogP contribution in [0.15, 0.2) is 101 Å². The van der Waals surface area contributed by atoms with Gasteiger partial charge in [-0.1, -0.05) is 48.5 Å². The lowest BCUT2D eigenvalue weighted by molar-refractivity contribution is 0.0947. The van der Waals surface area contributed by atoms with Gasteiger partial charge in [0.05, 0.1) is 38.4 Å². The number of hydrogen-bond acceptors (Lipinski definition) is 3. The summed E-state index contributed by atoms with van der Waals surface area (Å²) in [6.45, 7) is 2.47. The van der Waals surface area contributed by atoms with Crippen LogP contribution in [0.1, 0.15) is 37.4 Å². The van der Waals surface area contributed by atoms with E-state index in [0.29, 0.717) is 26.6 Å². The molecule has 36 heavy (non-hydrogen) atoms. The summed E-state index contributed by atoms with van der Waals surface area (Å²) in [5.41, 5.74) is 3.88. The Bertz CT molecular complexity index is 1500. The number of halogens is 1. The fourth-order valence-corrected chi connectivity index (χ4v) is 5.55. The number of carbonyl (C=O) groups excluding carboxylic acids is 2. The number of carbonyl (C=O) groups is 2. The first kappa shape index (κ1) is 23.6. The molecule has 0 aromatic heterocycles. The van der Waals surface area contributed by atoms with Gasteiger partial charge in [-0.05, 0) is 66.1 Å². The molecule has 0 saturated heterocycles. The van der Waals surface area contributed by atoms with Crippen molar-refractivity contribution >= 4 is 28.3 Å². The van der Waals surface area contributed by atoms with Gasteiger partial charge in [-0.3, -0.25) is 9.59 Å². The van der Waals surface area contributed by atoms with Crippen molar-refractivity contribution in [2.24, 2.45) is 0 Å². The molecule has 1 aliphatic rings. The number of anilines is 1. The van der Waals surface area contributed by atoms with Crippen molar-refractivity contribution in [2.45, 2.75) is 29.8 Å². The van der Waals surface area contributed by atoms with Crippen molar-refractivity contribution < 1.29 is 18.2 Å². The SMILES string of the molecule is Cc1ccccc1CN1C(=O)c2ccccc2S(=O)c2ccc(C(=O)NCc3ccc(F)cc3)cc21. The van der Waals surface area contributed by atoms with Gasteiger partial charge in [0.15, 0.2) is 0 Å². The topological polar surface area (TPSA) is 66.5 Å². The maximum Gasteiger partial charge on any atom is 0.259 e. The highest BCUT2D eigenvalue weighted by atomic mass is 32.2. The minimum atomic E-state index is -1.60. The minimum Gasteiger partial charge on any atom is -0.348 e. The Hall–Kier alpha value is -4.10. The minimum absolute atomic E-state index is 0.222. The second kappa shape index (κ2) is 9.87. The van der Waals surface area contributed by atoms with Crippen molar-refractivity contribution in [1.82, 2.24) is 5.32 Å². The summed E-state index contributed by atoms with van der Waals surface area (Å²) in [6.07, 6.45) is 0. The molecular weight excluding hydrogens is 475 g/mol. The molecule has 1 N–H and O–H groups in total. The first-order valence-electron chi connectivity index (χ1n) is 11.5. The molecule has 0 spiro atoms. The first-order chi connectivity index (χ1) is 17.4. The van der Waals surface area contributed by atoms with Crippen molar-refractivity contribution in [3.05, 3.63) is 125 Å². The average Bonchev–Trinajstić information content (AvgIpc) is 2.98. The molecule has 0 fully saturated rings. The zero-order valence-electron chi connectivity index (χ0n) is 19.5. The van der Waals surface area contributed by atoms with E-state index in [1.807, 2.05) is 31.2 Å². The maximum atomic E-state index is 13.7. The van der Waals surface area contributed by atoms with E-state index in [0.717, 1.165) is 16.7 Å². The summed E-state index contributed by atoms with van der Waals surface area (Å²) in [4.78, 5) is 29.2. The number of hydrogen-bond donors (Lipinski definition) is 1. The molecule has 4 aromatic rings. The fraction of sp³-hybridized carbons (Fsp3) is 0.103. The molecule has 2 amide bonds. The van der Waals surface area contributed by atoms with Gasteiger partial charge in [-0.15, -0.1) is 0 Å². The average molecular weight is 499 g/mol. The highest BCUT2D eigenvalue weighted by Crippen LogP contribution is 2.36. The van der Waals surface area contributed by atoms with Gasteiger partial charge >= 0.3 is 0 Å². The van der Waals surface area contributed by atoms with E-state index < -0.39 is 10.8 Å². The van der Waals surface area contributed by atoms with Crippen molar-refractivity contribution in [3.63, 3.8) is 0 Å². The largest absolute Gasteiger partial charge is 0.348 e. The van der Waals surface area contributed by atoms with Crippen LogP contribution in [0.5, 0.6) is 0 Å². The molecule has 5 rings (SSSR count). The van der Waals surface area contributed by atoms with Crippen LogP contribution in [0.2, 0.25) is 0 Å². The molecule has 180 valence electrons. The summed E-state index contributed by atoms with van der Waals surface area (Å²) in [5, 5.41) is 2.83. The molecule has 1 heterocycles. The number of benzene rings is 4. The second-order valence-electron chi connectivity index (χ2n) is 8.57. The van der Waals surface area contributed by atoms with Gasteiger partial charge in [0.25, 0.3) is 11.8 Å². The van der Waals surface area contributed by atoms with E-state index >= 15 is 0 Å². The number of fused-ring (bicyclic) bond motifs is 2. The molecular formula is C29H23FN2O3S. The standard InChI is InChI=1S/C29H23FN2O3S/c1-19-6-2-3-7-22(19)18-32-25-16-21(28(33)31-17-20-10-13-23(30)14-11-20)12-15-27(25)36(35)26-9-5-4-8-24(26)29(32)34/h2-16H,17-18H2,1H3,(H,31,33). The van der Waals surface area contributed by atoms with Gasteiger partial charge in [-0.2, -0.15) is 0 Å². The number of nitrogens with zero attached hydrogens (tertiary/aromatic N) is 1. The van der Waals surface area contributed by atoms with Crippen molar-refractivity contribution in [2.75, 3.05) is 4.90 Å². The lowest BCUT2D eigenvalue weighted by Gasteiger charge is -2.24. The van der Waals surface area contributed by atoms with Gasteiger partial charge in [0, 0.05) is 12.1 Å². The molecule has 0 bridgehead atoms. The van der Waals surface area contributed by atoms with Gasteiger partial charge in [0.2, 0.25) is 0 Å². The van der Waals surface area contributed by atoms with Crippen LogP contribution < -0.4 is 10.2 Å². The predicted octanol–water partition coefficient (Wildman–Crippen LogP) is 5.39. The Labute approximate surface area is 211 Å². The maximum absolute atomic E-state index is 13.7. The highest BCUT2D eigenvalue weighted by Gasteiger charge is 2.31. The second-order valence-corrected chi connectivity index (χ2v) is 9.99. The summed E-state index contributed by atoms with van der Waals surface area (Å²) in [6, 6.07) is 25.5. The lowest BCUT2D eigenvalue weighted by atomic mass is 10.1. The monoisotopic (exact) mass is 498 g/mol. The predicted molar refractivity (Wildman–Crippen MR) is 137 cm³/mol. The number of rotatable bonds is 5. The Morgan fingerprint density at radius 1 is 0.917 bits per heavy atom. The zero-order chi connectivity index (χ0) is 25.2. The Morgan fingerprint density at radius 2 is 1.64 bits per heavy atom. The Morgan fingerprint density at radius 3 is 2.42 bits per heavy atom. The van der Waals surface area contributed by atoms with E-state index in [2.05, 4.69) is 5.32 Å². The van der Waals surface area contributed by atoms with Crippen LogP contribution in [-0.4, -0.2) is 16.0 Å². The third-order valence-electron chi connectivity index (χ3n) is 6.23.